The Balaban J connectivity index is 2.82. The molecule has 0 amide bonds. The van der Waals surface area contributed by atoms with Gasteiger partial charge in [0.05, 0.1) is 10.6 Å². The fourth-order valence-electron chi connectivity index (χ4n) is 1.42. The van der Waals surface area contributed by atoms with Crippen molar-refractivity contribution >= 4 is 21.4 Å². The Morgan fingerprint density at radius 2 is 1.88 bits per heavy atom. The van der Waals surface area contributed by atoms with E-state index in [0.717, 1.165) is 0 Å². The molecule has 3 nitrogen and oxygen atoms in total. The zero-order valence-electron chi connectivity index (χ0n) is 9.06. The van der Waals surface area contributed by atoms with Crippen molar-refractivity contribution in [3.63, 3.8) is 0 Å². The second kappa shape index (κ2) is 5.66. The largest absolute Gasteiger partial charge is 0.396 e. The number of aliphatic hydroxyl groups is 1. The van der Waals surface area contributed by atoms with Gasteiger partial charge >= 0.3 is 0 Å². The Bertz CT molecular complexity index is 425. The van der Waals surface area contributed by atoms with Crippen LogP contribution in [0, 0.1) is 5.92 Å². The number of benzene rings is 1. The molecule has 0 fully saturated rings. The van der Waals surface area contributed by atoms with Crippen LogP contribution in [0.15, 0.2) is 29.2 Å². The minimum absolute atomic E-state index is 0.0112. The van der Waals surface area contributed by atoms with E-state index in [2.05, 4.69) is 0 Å². The first-order valence-corrected chi connectivity index (χ1v) is 7.08. The molecule has 1 unspecified atom stereocenters. The Hall–Kier alpha value is -0.580. The van der Waals surface area contributed by atoms with E-state index >= 15 is 0 Å². The number of rotatable bonds is 5. The maximum absolute atomic E-state index is 11.9. The summed E-state index contributed by atoms with van der Waals surface area (Å²) in [7, 11) is -3.27. The molecule has 1 N–H and O–H groups in total. The van der Waals surface area contributed by atoms with E-state index < -0.39 is 9.84 Å². The number of sulfone groups is 1. The molecule has 0 aromatic heterocycles. The molecule has 16 heavy (non-hydrogen) atoms. The number of hydrogen-bond acceptors (Lipinski definition) is 3. The van der Waals surface area contributed by atoms with Crippen LogP contribution in [0.2, 0.25) is 5.02 Å². The summed E-state index contributed by atoms with van der Waals surface area (Å²) in [6, 6.07) is 6.13. The lowest BCUT2D eigenvalue weighted by atomic mass is 10.1. The maximum atomic E-state index is 11.9. The summed E-state index contributed by atoms with van der Waals surface area (Å²) >= 11 is 5.69. The Morgan fingerprint density at radius 1 is 1.31 bits per heavy atom. The van der Waals surface area contributed by atoms with Crippen molar-refractivity contribution in [3.8, 4) is 0 Å². The van der Waals surface area contributed by atoms with E-state index in [1.165, 1.54) is 12.1 Å². The van der Waals surface area contributed by atoms with E-state index in [-0.39, 0.29) is 23.2 Å². The quantitative estimate of drug-likeness (QED) is 0.885. The monoisotopic (exact) mass is 262 g/mol. The Labute approximate surface area is 101 Å². The Kier molecular flexibility index (Phi) is 4.77. The second-order valence-electron chi connectivity index (χ2n) is 3.85. The fraction of sp³-hybridized carbons (Fsp3) is 0.455. The molecule has 0 aliphatic carbocycles. The van der Waals surface area contributed by atoms with Crippen molar-refractivity contribution in [2.45, 2.75) is 18.2 Å². The highest BCUT2D eigenvalue weighted by Gasteiger charge is 2.17. The van der Waals surface area contributed by atoms with Gasteiger partial charge in [-0.1, -0.05) is 18.5 Å². The third kappa shape index (κ3) is 3.77. The summed E-state index contributed by atoms with van der Waals surface area (Å²) in [6.45, 7) is 1.82. The lowest BCUT2D eigenvalue weighted by Crippen LogP contribution is -2.15. The van der Waals surface area contributed by atoms with Crippen LogP contribution in [-0.2, 0) is 9.84 Å². The molecule has 1 rings (SSSR count). The smallest absolute Gasteiger partial charge is 0.178 e. The lowest BCUT2D eigenvalue weighted by Gasteiger charge is -2.10. The third-order valence-electron chi connectivity index (χ3n) is 2.30. The molecule has 1 atom stereocenters. The van der Waals surface area contributed by atoms with Crippen molar-refractivity contribution in [1.29, 1.82) is 0 Å². The average molecular weight is 263 g/mol. The highest BCUT2D eigenvalue weighted by molar-refractivity contribution is 7.91. The first kappa shape index (κ1) is 13.5. The summed E-state index contributed by atoms with van der Waals surface area (Å²) < 4.78 is 23.8. The zero-order valence-corrected chi connectivity index (χ0v) is 10.6. The molecule has 0 saturated carbocycles. The molecule has 0 radical (unpaired) electrons. The summed E-state index contributed by atoms with van der Waals surface area (Å²) in [5.41, 5.74) is 0. The second-order valence-corrected chi connectivity index (χ2v) is 6.32. The van der Waals surface area contributed by atoms with E-state index in [0.29, 0.717) is 11.4 Å². The van der Waals surface area contributed by atoms with Crippen LogP contribution in [0.1, 0.15) is 13.3 Å². The summed E-state index contributed by atoms with van der Waals surface area (Å²) in [5, 5.41) is 9.24. The van der Waals surface area contributed by atoms with Crippen molar-refractivity contribution < 1.29 is 13.5 Å². The molecule has 0 bridgehead atoms. The molecule has 0 spiro atoms. The highest BCUT2D eigenvalue weighted by Crippen LogP contribution is 2.18. The number of halogens is 1. The van der Waals surface area contributed by atoms with Gasteiger partial charge in [-0.05, 0) is 36.6 Å². The molecule has 1 aromatic carbocycles. The van der Waals surface area contributed by atoms with E-state index in [9.17, 15) is 8.42 Å². The summed E-state index contributed by atoms with van der Waals surface area (Å²) in [5.74, 6) is 0.000488. The van der Waals surface area contributed by atoms with Crippen LogP contribution in [-0.4, -0.2) is 25.9 Å². The van der Waals surface area contributed by atoms with Gasteiger partial charge in [-0.2, -0.15) is 0 Å². The van der Waals surface area contributed by atoms with Gasteiger partial charge in [-0.3, -0.25) is 0 Å². The van der Waals surface area contributed by atoms with E-state index in [1.54, 1.807) is 12.1 Å². The summed E-state index contributed by atoms with van der Waals surface area (Å²) in [4.78, 5) is 0.279. The minimum atomic E-state index is -3.27. The molecule has 5 heteroatoms. The maximum Gasteiger partial charge on any atom is 0.178 e. The topological polar surface area (TPSA) is 54.4 Å². The van der Waals surface area contributed by atoms with E-state index in [4.69, 9.17) is 16.7 Å². The van der Waals surface area contributed by atoms with Gasteiger partial charge in [0.2, 0.25) is 0 Å². The number of hydrogen-bond donors (Lipinski definition) is 1. The minimum Gasteiger partial charge on any atom is -0.396 e. The van der Waals surface area contributed by atoms with Gasteiger partial charge in [0, 0.05) is 11.6 Å². The third-order valence-corrected chi connectivity index (χ3v) is 4.55. The van der Waals surface area contributed by atoms with Crippen molar-refractivity contribution in [1.82, 2.24) is 0 Å². The molecule has 0 saturated heterocycles. The van der Waals surface area contributed by atoms with Gasteiger partial charge in [-0.25, -0.2) is 8.42 Å². The fourth-order valence-corrected chi connectivity index (χ4v) is 3.20. The molecular formula is C11H15ClO3S. The van der Waals surface area contributed by atoms with Gasteiger partial charge in [-0.15, -0.1) is 0 Å². The molecule has 0 aliphatic heterocycles. The van der Waals surface area contributed by atoms with Crippen LogP contribution in [0.5, 0.6) is 0 Å². The van der Waals surface area contributed by atoms with Crippen LogP contribution >= 0.6 is 11.6 Å². The van der Waals surface area contributed by atoms with Crippen LogP contribution < -0.4 is 0 Å². The Morgan fingerprint density at radius 3 is 2.38 bits per heavy atom. The zero-order chi connectivity index (χ0) is 12.2. The number of aliphatic hydroxyl groups excluding tert-OH is 1. The molecule has 0 aliphatic rings. The first-order chi connectivity index (χ1) is 7.45. The average Bonchev–Trinajstić information content (AvgIpc) is 2.17. The molecule has 90 valence electrons. The van der Waals surface area contributed by atoms with Gasteiger partial charge in [0.1, 0.15) is 0 Å². The first-order valence-electron chi connectivity index (χ1n) is 5.05. The molecule has 1 aromatic rings. The standard InChI is InChI=1S/C11H15ClO3S/c1-9(6-7-13)8-16(14,15)11-4-2-10(12)3-5-11/h2-5,9,13H,6-8H2,1H3. The van der Waals surface area contributed by atoms with Crippen LogP contribution in [0.25, 0.3) is 0 Å². The van der Waals surface area contributed by atoms with Gasteiger partial charge in [0.25, 0.3) is 0 Å². The highest BCUT2D eigenvalue weighted by atomic mass is 35.5. The normalized spacial score (nSPS) is 13.7. The SMILES string of the molecule is CC(CCO)CS(=O)(=O)c1ccc(Cl)cc1. The molecule has 0 heterocycles. The van der Waals surface area contributed by atoms with Gasteiger partial charge in [0.15, 0.2) is 9.84 Å². The lowest BCUT2D eigenvalue weighted by molar-refractivity contribution is 0.268. The molecular weight excluding hydrogens is 248 g/mol. The van der Waals surface area contributed by atoms with Crippen molar-refractivity contribution in [2.24, 2.45) is 5.92 Å². The predicted molar refractivity (Wildman–Crippen MR) is 64.4 cm³/mol. The van der Waals surface area contributed by atoms with E-state index in [1.807, 2.05) is 6.92 Å². The van der Waals surface area contributed by atoms with Gasteiger partial charge < -0.3 is 5.11 Å². The van der Waals surface area contributed by atoms with Crippen molar-refractivity contribution in [3.05, 3.63) is 29.3 Å². The van der Waals surface area contributed by atoms with Crippen LogP contribution in [0.3, 0.4) is 0 Å². The predicted octanol–water partition coefficient (Wildman–Crippen LogP) is 2.13. The summed E-state index contributed by atoms with van der Waals surface area (Å²) in [6.07, 6.45) is 0.493. The van der Waals surface area contributed by atoms with Crippen molar-refractivity contribution in [2.75, 3.05) is 12.4 Å². The van der Waals surface area contributed by atoms with Crippen LogP contribution in [0.4, 0.5) is 0 Å².